The number of nitrogens with zero attached hydrogens (tertiary/aromatic N) is 4. The summed E-state index contributed by atoms with van der Waals surface area (Å²) in [5.74, 6) is -0.0194. The Bertz CT molecular complexity index is 1100. The van der Waals surface area contributed by atoms with Crippen molar-refractivity contribution in [2.45, 2.75) is 77.7 Å². The number of anilines is 1. The van der Waals surface area contributed by atoms with Gasteiger partial charge in [-0.3, -0.25) is 4.79 Å². The van der Waals surface area contributed by atoms with Crippen LogP contribution in [0.15, 0.2) is 24.4 Å². The average molecular weight is 502 g/mol. The van der Waals surface area contributed by atoms with Crippen LogP contribution in [-0.2, 0) is 16.3 Å². The maximum atomic E-state index is 13.4. The fourth-order valence-corrected chi connectivity index (χ4v) is 5.83. The van der Waals surface area contributed by atoms with E-state index in [-0.39, 0.29) is 17.5 Å². The smallest absolute Gasteiger partial charge is 0.407 e. The van der Waals surface area contributed by atoms with E-state index in [0.29, 0.717) is 32.7 Å². The number of likely N-dealkylation sites (tertiary alicyclic amines) is 1. The van der Waals surface area contributed by atoms with Gasteiger partial charge in [-0.2, -0.15) is 5.10 Å². The maximum absolute atomic E-state index is 13.4. The molecule has 192 valence electrons. The summed E-state index contributed by atoms with van der Waals surface area (Å²) in [6.45, 7) is 15.2. The van der Waals surface area contributed by atoms with Crippen LogP contribution in [0.5, 0.6) is 0 Å². The second-order valence-electron chi connectivity index (χ2n) is 12.1. The van der Waals surface area contributed by atoms with Gasteiger partial charge < -0.3 is 25.0 Å². The highest BCUT2D eigenvalue weighted by Crippen LogP contribution is 2.43. The Kier molecular flexibility index (Phi) is 6.65. The molecule has 4 rings (SSSR count). The third-order valence-electron chi connectivity index (χ3n) is 7.20. The van der Waals surface area contributed by atoms with Gasteiger partial charge in [0.15, 0.2) is 0 Å². The first-order chi connectivity index (χ1) is 16.3. The zero-order valence-corrected chi connectivity index (χ0v) is 22.8. The molecule has 2 N–H and O–H groups in total. The lowest BCUT2D eigenvalue weighted by atomic mass is 9.83. The third-order valence-corrected chi connectivity index (χ3v) is 8.91. The lowest BCUT2D eigenvalue weighted by Gasteiger charge is -2.46. The molecule has 1 unspecified atom stereocenters. The number of carboxylic acid groups (broad SMARTS) is 1. The number of amides is 2. The van der Waals surface area contributed by atoms with Crippen LogP contribution in [0, 0.1) is 5.41 Å². The molecule has 3 heterocycles. The van der Waals surface area contributed by atoms with Gasteiger partial charge >= 0.3 is 6.09 Å². The molecular weight excluding hydrogens is 462 g/mol. The molecule has 1 spiro atoms. The monoisotopic (exact) mass is 501 g/mol. The van der Waals surface area contributed by atoms with Gasteiger partial charge in [0.2, 0.25) is 5.91 Å². The molecule has 2 aliphatic rings. The Morgan fingerprint density at radius 3 is 2.54 bits per heavy atom. The molecule has 2 aliphatic heterocycles. The van der Waals surface area contributed by atoms with Gasteiger partial charge in [-0.25, -0.2) is 9.48 Å². The molecule has 9 nitrogen and oxygen atoms in total. The number of carbonyl (C=O) groups is 2. The van der Waals surface area contributed by atoms with E-state index in [0.717, 1.165) is 29.2 Å². The Morgan fingerprint density at radius 2 is 1.94 bits per heavy atom. The van der Waals surface area contributed by atoms with Crippen molar-refractivity contribution in [3.8, 4) is 0 Å². The largest absolute Gasteiger partial charge is 0.465 e. The predicted molar refractivity (Wildman–Crippen MR) is 139 cm³/mol. The number of piperidine rings is 1. The molecule has 1 atom stereocenters. The number of nitrogens with one attached hydrogen (secondary N) is 1. The van der Waals surface area contributed by atoms with E-state index in [9.17, 15) is 14.7 Å². The molecule has 2 aromatic rings. The Labute approximate surface area is 208 Å². The van der Waals surface area contributed by atoms with Crippen LogP contribution in [0.4, 0.5) is 10.5 Å². The highest BCUT2D eigenvalue weighted by molar-refractivity contribution is 6.76. The molecule has 10 heteroatoms. The van der Waals surface area contributed by atoms with Crippen LogP contribution in [0.3, 0.4) is 0 Å². The Balaban J connectivity index is 1.62. The summed E-state index contributed by atoms with van der Waals surface area (Å²) >= 11 is 0. The molecule has 0 saturated carbocycles. The Hall–Kier alpha value is -2.59. The lowest BCUT2D eigenvalue weighted by Crippen LogP contribution is -2.59. The summed E-state index contributed by atoms with van der Waals surface area (Å²) in [5, 5.41) is 18.2. The molecule has 35 heavy (non-hydrogen) atoms. The number of benzene rings is 1. The molecule has 1 aromatic carbocycles. The van der Waals surface area contributed by atoms with Gasteiger partial charge in [0.05, 0.1) is 11.7 Å². The molecule has 2 amide bonds. The molecule has 1 aromatic heterocycles. The highest BCUT2D eigenvalue weighted by Gasteiger charge is 2.57. The van der Waals surface area contributed by atoms with Gasteiger partial charge in [0.25, 0.3) is 0 Å². The summed E-state index contributed by atoms with van der Waals surface area (Å²) in [6.07, 6.45) is 1.62. The summed E-state index contributed by atoms with van der Waals surface area (Å²) in [4.78, 5) is 28.5. The molecular formula is C25H39N5O4Si. The Morgan fingerprint density at radius 1 is 1.26 bits per heavy atom. The van der Waals surface area contributed by atoms with E-state index < -0.39 is 19.7 Å². The van der Waals surface area contributed by atoms with Crippen LogP contribution >= 0.6 is 0 Å². The van der Waals surface area contributed by atoms with Crippen molar-refractivity contribution in [3.05, 3.63) is 24.4 Å². The normalized spacial score (nSPS) is 20.6. The van der Waals surface area contributed by atoms with Crippen molar-refractivity contribution in [1.29, 1.82) is 0 Å². The van der Waals surface area contributed by atoms with E-state index in [1.807, 2.05) is 23.0 Å². The van der Waals surface area contributed by atoms with Gasteiger partial charge in [-0.1, -0.05) is 40.4 Å². The fourth-order valence-electron chi connectivity index (χ4n) is 5.07. The average Bonchev–Trinajstić information content (AvgIpc) is 3.29. The minimum Gasteiger partial charge on any atom is -0.465 e. The van der Waals surface area contributed by atoms with Crippen LogP contribution < -0.4 is 10.2 Å². The van der Waals surface area contributed by atoms with Crippen LogP contribution in [-0.4, -0.2) is 71.3 Å². The summed E-state index contributed by atoms with van der Waals surface area (Å²) in [5.41, 5.74) is 0.945. The maximum Gasteiger partial charge on any atom is 0.407 e. The van der Waals surface area contributed by atoms with E-state index in [1.54, 1.807) is 0 Å². The first kappa shape index (κ1) is 25.5. The standard InChI is InChI=1S/C25H39N5O4Si/c1-24(2,3)21-27-22(31)25(9-11-28(12-10-25)23(32)33)30(21)19-7-8-20-18(15-19)16-26-29(20)17-34-13-14-35(4,5)6/h7-8,15-16,21H,9-14,17H2,1-6H3,(H,27,31)(H,32,33). The van der Waals surface area contributed by atoms with Crippen molar-refractivity contribution in [1.82, 2.24) is 20.0 Å². The molecule has 0 radical (unpaired) electrons. The summed E-state index contributed by atoms with van der Waals surface area (Å²) in [6, 6.07) is 7.29. The first-order valence-electron chi connectivity index (χ1n) is 12.4. The van der Waals surface area contributed by atoms with Crippen molar-refractivity contribution in [2.75, 3.05) is 24.6 Å². The van der Waals surface area contributed by atoms with Gasteiger partial charge in [-0.15, -0.1) is 0 Å². The van der Waals surface area contributed by atoms with Crippen LogP contribution in [0.1, 0.15) is 33.6 Å². The van der Waals surface area contributed by atoms with Crippen molar-refractivity contribution < 1.29 is 19.4 Å². The third kappa shape index (κ3) is 5.04. The number of ether oxygens (including phenoxy) is 1. The highest BCUT2D eigenvalue weighted by atomic mass is 28.3. The SMILES string of the molecule is CC(C)(C)C1NC(=O)C2(CCN(C(=O)O)CC2)N1c1ccc2c(cnn2COCC[Si](C)(C)C)c1. The molecule has 0 bridgehead atoms. The van der Waals surface area contributed by atoms with Crippen molar-refractivity contribution >= 4 is 36.7 Å². The van der Waals surface area contributed by atoms with Crippen LogP contribution in [0.25, 0.3) is 10.9 Å². The minimum absolute atomic E-state index is 0.0194. The first-order valence-corrected chi connectivity index (χ1v) is 16.1. The van der Waals surface area contributed by atoms with E-state index in [4.69, 9.17) is 4.74 Å². The van der Waals surface area contributed by atoms with E-state index in [2.05, 4.69) is 61.8 Å². The number of hydrogen-bond donors (Lipinski definition) is 2. The second kappa shape index (κ2) is 9.13. The molecule has 0 aliphatic carbocycles. The summed E-state index contributed by atoms with van der Waals surface area (Å²) < 4.78 is 7.78. The quantitative estimate of drug-likeness (QED) is 0.455. The van der Waals surface area contributed by atoms with Gasteiger partial charge in [-0.05, 0) is 37.1 Å². The zero-order chi connectivity index (χ0) is 25.6. The molecule has 2 saturated heterocycles. The van der Waals surface area contributed by atoms with E-state index in [1.165, 1.54) is 4.90 Å². The molecule has 2 fully saturated rings. The predicted octanol–water partition coefficient (Wildman–Crippen LogP) is 4.17. The van der Waals surface area contributed by atoms with E-state index >= 15 is 0 Å². The zero-order valence-electron chi connectivity index (χ0n) is 21.8. The fraction of sp³-hybridized carbons (Fsp3) is 0.640. The van der Waals surface area contributed by atoms with Gasteiger partial charge in [0, 0.05) is 44.3 Å². The topological polar surface area (TPSA) is 99.9 Å². The van der Waals surface area contributed by atoms with Crippen molar-refractivity contribution in [2.24, 2.45) is 5.41 Å². The van der Waals surface area contributed by atoms with Crippen LogP contribution in [0.2, 0.25) is 25.7 Å². The number of hydrogen-bond acceptors (Lipinski definition) is 5. The number of fused-ring (bicyclic) bond motifs is 1. The number of rotatable bonds is 6. The van der Waals surface area contributed by atoms with Crippen molar-refractivity contribution in [3.63, 3.8) is 0 Å². The number of carbonyl (C=O) groups excluding carboxylic acids is 1. The van der Waals surface area contributed by atoms with Gasteiger partial charge in [0.1, 0.15) is 18.4 Å². The summed E-state index contributed by atoms with van der Waals surface area (Å²) in [7, 11) is -1.14. The lowest BCUT2D eigenvalue weighted by molar-refractivity contribution is -0.125. The second-order valence-corrected chi connectivity index (χ2v) is 17.8. The minimum atomic E-state index is -1.14. The number of aromatic nitrogens is 2.